The molecule has 0 amide bonds. The van der Waals surface area contributed by atoms with Crippen LogP contribution in [0.3, 0.4) is 0 Å². The molecule has 0 saturated carbocycles. The normalized spacial score (nSPS) is 15.6. The van der Waals surface area contributed by atoms with Crippen molar-refractivity contribution in [2.75, 3.05) is 5.32 Å². The van der Waals surface area contributed by atoms with Crippen LogP contribution < -0.4 is 10.6 Å². The van der Waals surface area contributed by atoms with E-state index in [2.05, 4.69) is 20.0 Å². The minimum absolute atomic E-state index is 0.0405. The zero-order valence-electron chi connectivity index (χ0n) is 10.7. The van der Waals surface area contributed by atoms with Crippen molar-refractivity contribution in [2.24, 2.45) is 4.40 Å². The number of benzene rings is 1. The van der Waals surface area contributed by atoms with Gasteiger partial charge >= 0.3 is 0 Å². The molecule has 21 heavy (non-hydrogen) atoms. The van der Waals surface area contributed by atoms with Crippen molar-refractivity contribution in [3.05, 3.63) is 54.1 Å². The summed E-state index contributed by atoms with van der Waals surface area (Å²) in [5.74, 6) is -0.485. The van der Waals surface area contributed by atoms with E-state index < -0.39 is 15.8 Å². The summed E-state index contributed by atoms with van der Waals surface area (Å²) in [6.45, 7) is 0.298. The maximum atomic E-state index is 13.2. The molecular formula is C13H11FN4O2S. The van der Waals surface area contributed by atoms with E-state index in [1.807, 2.05) is 6.07 Å². The number of guanidine groups is 1. The zero-order valence-corrected chi connectivity index (χ0v) is 11.6. The summed E-state index contributed by atoms with van der Waals surface area (Å²) >= 11 is 0. The molecule has 2 aromatic rings. The van der Waals surface area contributed by atoms with Crippen molar-refractivity contribution in [3.63, 3.8) is 0 Å². The molecule has 108 valence electrons. The number of nitrogens with one attached hydrogen (secondary N) is 2. The minimum atomic E-state index is -3.84. The molecule has 0 atom stereocenters. The number of sulfonamides is 1. The fraction of sp³-hybridized carbons (Fsp3) is 0.0769. The highest BCUT2D eigenvalue weighted by Gasteiger charge is 2.25. The molecule has 0 aliphatic carbocycles. The second-order valence-corrected chi connectivity index (χ2v) is 5.93. The number of anilines is 1. The van der Waals surface area contributed by atoms with E-state index >= 15 is 0 Å². The molecule has 0 fully saturated rings. The molecule has 0 bridgehead atoms. The standard InChI is InChI=1S/C13H11FN4O2S/c14-9-4-5-12-11(7-9)17-13(18-21(12,19)20)16-8-10-3-1-2-6-15-10/h1-7H,8H2,(H2,16,17,18). The van der Waals surface area contributed by atoms with Gasteiger partial charge in [0, 0.05) is 6.20 Å². The lowest BCUT2D eigenvalue weighted by atomic mass is 10.3. The smallest absolute Gasteiger partial charge is 0.287 e. The molecule has 0 radical (unpaired) electrons. The summed E-state index contributed by atoms with van der Waals surface area (Å²) in [4.78, 5) is 4.05. The Morgan fingerprint density at radius 1 is 1.24 bits per heavy atom. The minimum Gasteiger partial charge on any atom is -0.350 e. The van der Waals surface area contributed by atoms with Crippen molar-refractivity contribution in [1.82, 2.24) is 10.3 Å². The Bertz CT molecular complexity index is 806. The van der Waals surface area contributed by atoms with E-state index in [0.29, 0.717) is 6.54 Å². The van der Waals surface area contributed by atoms with E-state index in [0.717, 1.165) is 17.8 Å². The Kier molecular flexibility index (Phi) is 3.30. The van der Waals surface area contributed by atoms with Crippen molar-refractivity contribution >= 4 is 21.7 Å². The van der Waals surface area contributed by atoms with Gasteiger partial charge in [-0.25, -0.2) is 4.39 Å². The molecule has 1 aliphatic heterocycles. The van der Waals surface area contributed by atoms with Crippen LogP contribution in [0.5, 0.6) is 0 Å². The number of nitrogens with zero attached hydrogens (tertiary/aromatic N) is 2. The molecule has 0 unspecified atom stereocenters. The van der Waals surface area contributed by atoms with Gasteiger partial charge in [-0.15, -0.1) is 4.40 Å². The average molecular weight is 306 g/mol. The van der Waals surface area contributed by atoms with E-state index in [1.54, 1.807) is 18.3 Å². The highest BCUT2D eigenvalue weighted by Crippen LogP contribution is 2.27. The quantitative estimate of drug-likeness (QED) is 0.878. The van der Waals surface area contributed by atoms with Crippen molar-refractivity contribution in [3.8, 4) is 0 Å². The van der Waals surface area contributed by atoms with Gasteiger partial charge in [-0.05, 0) is 30.3 Å². The first-order valence-corrected chi connectivity index (χ1v) is 7.54. The number of aromatic nitrogens is 1. The van der Waals surface area contributed by atoms with Gasteiger partial charge in [-0.3, -0.25) is 4.98 Å². The van der Waals surface area contributed by atoms with Gasteiger partial charge in [0.25, 0.3) is 10.0 Å². The third kappa shape index (κ3) is 2.84. The Morgan fingerprint density at radius 2 is 2.10 bits per heavy atom. The van der Waals surface area contributed by atoms with Crippen LogP contribution in [0.1, 0.15) is 5.69 Å². The van der Waals surface area contributed by atoms with E-state index in [9.17, 15) is 12.8 Å². The Hall–Kier alpha value is -2.48. The summed E-state index contributed by atoms with van der Waals surface area (Å²) in [6.07, 6.45) is 1.63. The van der Waals surface area contributed by atoms with Crippen LogP contribution in [-0.4, -0.2) is 19.4 Å². The Morgan fingerprint density at radius 3 is 2.86 bits per heavy atom. The molecular weight excluding hydrogens is 295 g/mol. The van der Waals surface area contributed by atoms with Gasteiger partial charge in [0.15, 0.2) is 0 Å². The molecule has 1 aliphatic rings. The van der Waals surface area contributed by atoms with Crippen LogP contribution in [0.25, 0.3) is 0 Å². The van der Waals surface area contributed by atoms with Crippen molar-refractivity contribution in [1.29, 1.82) is 0 Å². The van der Waals surface area contributed by atoms with E-state index in [-0.39, 0.29) is 16.5 Å². The first kappa shape index (κ1) is 13.5. The number of halogens is 1. The third-order valence-electron chi connectivity index (χ3n) is 2.85. The Balaban J connectivity index is 1.84. The summed E-state index contributed by atoms with van der Waals surface area (Å²) in [5.41, 5.74) is 0.887. The lowest BCUT2D eigenvalue weighted by Crippen LogP contribution is -2.34. The predicted molar refractivity (Wildman–Crippen MR) is 75.7 cm³/mol. The monoisotopic (exact) mass is 306 g/mol. The first-order chi connectivity index (χ1) is 10.0. The molecule has 2 heterocycles. The second kappa shape index (κ2) is 5.13. The van der Waals surface area contributed by atoms with Crippen LogP contribution in [0.2, 0.25) is 0 Å². The van der Waals surface area contributed by atoms with Gasteiger partial charge in [0.2, 0.25) is 5.96 Å². The molecule has 3 rings (SSSR count). The van der Waals surface area contributed by atoms with Gasteiger partial charge in [0.05, 0.1) is 17.9 Å². The molecule has 6 nitrogen and oxygen atoms in total. The van der Waals surface area contributed by atoms with E-state index in [1.165, 1.54) is 6.07 Å². The maximum Gasteiger partial charge on any atom is 0.287 e. The van der Waals surface area contributed by atoms with Crippen LogP contribution in [0.15, 0.2) is 51.9 Å². The van der Waals surface area contributed by atoms with Gasteiger partial charge in [-0.2, -0.15) is 8.42 Å². The predicted octanol–water partition coefficient (Wildman–Crippen LogP) is 1.48. The number of fused-ring (bicyclic) bond motifs is 1. The summed E-state index contributed by atoms with van der Waals surface area (Å²) in [7, 11) is -3.84. The van der Waals surface area contributed by atoms with Crippen LogP contribution >= 0.6 is 0 Å². The molecule has 1 aromatic carbocycles. The molecule has 0 saturated heterocycles. The largest absolute Gasteiger partial charge is 0.350 e. The molecule has 2 N–H and O–H groups in total. The highest BCUT2D eigenvalue weighted by molar-refractivity contribution is 7.90. The highest BCUT2D eigenvalue weighted by atomic mass is 32.2. The average Bonchev–Trinajstić information content (AvgIpc) is 2.45. The SMILES string of the molecule is O=S1(=O)N=C(NCc2ccccn2)Nc2cc(F)ccc21. The number of hydrogen-bond acceptors (Lipinski definition) is 5. The van der Waals surface area contributed by atoms with Gasteiger partial charge in [0.1, 0.15) is 10.7 Å². The Labute approximate surface area is 120 Å². The molecule has 0 spiro atoms. The fourth-order valence-electron chi connectivity index (χ4n) is 1.90. The van der Waals surface area contributed by atoms with Gasteiger partial charge < -0.3 is 10.6 Å². The second-order valence-electron chi connectivity index (χ2n) is 4.36. The van der Waals surface area contributed by atoms with E-state index in [4.69, 9.17) is 0 Å². The van der Waals surface area contributed by atoms with Crippen LogP contribution in [0.4, 0.5) is 10.1 Å². The summed E-state index contributed by atoms with van der Waals surface area (Å²) < 4.78 is 40.8. The summed E-state index contributed by atoms with van der Waals surface area (Å²) in [5, 5.41) is 5.58. The molecule has 1 aromatic heterocycles. The van der Waals surface area contributed by atoms with Crippen molar-refractivity contribution < 1.29 is 12.8 Å². The van der Waals surface area contributed by atoms with Crippen LogP contribution in [-0.2, 0) is 16.6 Å². The lowest BCUT2D eigenvalue weighted by Gasteiger charge is -2.18. The first-order valence-electron chi connectivity index (χ1n) is 6.10. The topological polar surface area (TPSA) is 83.5 Å². The maximum absolute atomic E-state index is 13.2. The molecule has 8 heteroatoms. The fourth-order valence-corrected chi connectivity index (χ4v) is 2.97. The third-order valence-corrected chi connectivity index (χ3v) is 4.18. The summed E-state index contributed by atoms with van der Waals surface area (Å²) in [6, 6.07) is 8.78. The van der Waals surface area contributed by atoms with Crippen LogP contribution in [0, 0.1) is 5.82 Å². The zero-order chi connectivity index (χ0) is 14.9. The lowest BCUT2D eigenvalue weighted by molar-refractivity contribution is 0.596. The number of pyridine rings is 1. The number of hydrogen-bond donors (Lipinski definition) is 2. The number of rotatable bonds is 2. The van der Waals surface area contributed by atoms with Crippen molar-refractivity contribution in [2.45, 2.75) is 11.4 Å². The van der Waals surface area contributed by atoms with Gasteiger partial charge in [-0.1, -0.05) is 6.07 Å².